The highest BCUT2D eigenvalue weighted by Crippen LogP contribution is 2.35. The van der Waals surface area contributed by atoms with Crippen LogP contribution in [0.25, 0.3) is 6.08 Å². The van der Waals surface area contributed by atoms with Crippen molar-refractivity contribution in [3.63, 3.8) is 0 Å². The van der Waals surface area contributed by atoms with Crippen LogP contribution in [0.4, 0.5) is 9.18 Å². The van der Waals surface area contributed by atoms with Gasteiger partial charge < -0.3 is 9.47 Å². The van der Waals surface area contributed by atoms with Crippen LogP contribution in [0.3, 0.4) is 0 Å². The zero-order valence-electron chi connectivity index (χ0n) is 17.5. The molecule has 8 heteroatoms. The molecule has 166 valence electrons. The van der Waals surface area contributed by atoms with Crippen LogP contribution in [-0.2, 0) is 11.3 Å². The maximum Gasteiger partial charge on any atom is 0.343 e. The molecule has 1 aliphatic rings. The number of imide groups is 1. The van der Waals surface area contributed by atoms with Gasteiger partial charge in [-0.1, -0.05) is 42.5 Å². The third-order valence-corrected chi connectivity index (χ3v) is 5.76. The van der Waals surface area contributed by atoms with E-state index in [1.165, 1.54) is 25.3 Å². The Morgan fingerprint density at radius 2 is 1.73 bits per heavy atom. The molecule has 33 heavy (non-hydrogen) atoms. The molecule has 0 spiro atoms. The van der Waals surface area contributed by atoms with E-state index in [0.29, 0.717) is 16.9 Å². The van der Waals surface area contributed by atoms with E-state index in [0.717, 1.165) is 16.7 Å². The first-order chi connectivity index (χ1) is 16.0. The van der Waals surface area contributed by atoms with E-state index < -0.39 is 22.9 Å². The second-order valence-corrected chi connectivity index (χ2v) is 8.02. The minimum atomic E-state index is -0.532. The van der Waals surface area contributed by atoms with Crippen LogP contribution in [0.2, 0.25) is 0 Å². The summed E-state index contributed by atoms with van der Waals surface area (Å²) < 4.78 is 24.7. The van der Waals surface area contributed by atoms with E-state index in [1.807, 2.05) is 0 Å². The second kappa shape index (κ2) is 9.70. The van der Waals surface area contributed by atoms with Gasteiger partial charge in [0.05, 0.1) is 24.1 Å². The van der Waals surface area contributed by atoms with Crippen molar-refractivity contribution in [1.82, 2.24) is 4.90 Å². The third-order valence-electron chi connectivity index (χ3n) is 4.86. The lowest BCUT2D eigenvalue weighted by Crippen LogP contribution is -2.27. The molecule has 1 saturated heterocycles. The predicted octanol–water partition coefficient (Wildman–Crippen LogP) is 5.29. The van der Waals surface area contributed by atoms with E-state index in [1.54, 1.807) is 60.7 Å². The number of carbonyl (C=O) groups is 3. The minimum Gasteiger partial charge on any atom is -0.493 e. The number of rotatable bonds is 6. The quantitative estimate of drug-likeness (QED) is 0.281. The second-order valence-electron chi connectivity index (χ2n) is 7.03. The minimum absolute atomic E-state index is 0.146. The maximum atomic E-state index is 13.9. The molecule has 0 aromatic heterocycles. The van der Waals surface area contributed by atoms with Gasteiger partial charge >= 0.3 is 5.97 Å². The summed E-state index contributed by atoms with van der Waals surface area (Å²) in [4.78, 5) is 38.6. The maximum absolute atomic E-state index is 13.9. The van der Waals surface area contributed by atoms with E-state index >= 15 is 0 Å². The largest absolute Gasteiger partial charge is 0.493 e. The fourth-order valence-corrected chi connectivity index (χ4v) is 4.01. The monoisotopic (exact) mass is 463 g/mol. The van der Waals surface area contributed by atoms with Gasteiger partial charge in [-0.3, -0.25) is 14.5 Å². The highest BCUT2D eigenvalue weighted by atomic mass is 32.2. The summed E-state index contributed by atoms with van der Waals surface area (Å²) in [6.07, 6.45) is 1.54. The number of ether oxygens (including phenoxy) is 2. The first kappa shape index (κ1) is 22.3. The highest BCUT2D eigenvalue weighted by Gasteiger charge is 2.35. The number of hydrogen-bond acceptors (Lipinski definition) is 6. The van der Waals surface area contributed by atoms with Gasteiger partial charge in [-0.05, 0) is 53.7 Å². The van der Waals surface area contributed by atoms with Gasteiger partial charge in [0.2, 0.25) is 0 Å². The van der Waals surface area contributed by atoms with Gasteiger partial charge in [0.15, 0.2) is 11.5 Å². The normalized spacial score (nSPS) is 14.6. The summed E-state index contributed by atoms with van der Waals surface area (Å²) in [5.41, 5.74) is 1.22. The van der Waals surface area contributed by atoms with E-state index in [2.05, 4.69) is 0 Å². The zero-order chi connectivity index (χ0) is 23.4. The highest BCUT2D eigenvalue weighted by molar-refractivity contribution is 8.18. The van der Waals surface area contributed by atoms with Gasteiger partial charge in [0, 0.05) is 5.56 Å². The number of nitrogens with zero attached hydrogens (tertiary/aromatic N) is 1. The Hall–Kier alpha value is -3.91. The smallest absolute Gasteiger partial charge is 0.343 e. The molecule has 3 aromatic rings. The number of esters is 1. The molecular formula is C25H18FNO5S. The molecule has 4 rings (SSSR count). The number of benzene rings is 3. The number of hydrogen-bond donors (Lipinski definition) is 0. The first-order valence-electron chi connectivity index (χ1n) is 9.90. The fraction of sp³-hybridized carbons (Fsp3) is 0.0800. The Balaban J connectivity index is 1.53. The van der Waals surface area contributed by atoms with E-state index in [-0.39, 0.29) is 22.8 Å². The molecule has 0 N–H and O–H groups in total. The molecule has 0 saturated carbocycles. The molecule has 0 atom stereocenters. The van der Waals surface area contributed by atoms with Crippen LogP contribution < -0.4 is 9.47 Å². The summed E-state index contributed by atoms with van der Waals surface area (Å²) in [6.45, 7) is -0.146. The Morgan fingerprint density at radius 3 is 2.45 bits per heavy atom. The van der Waals surface area contributed by atoms with E-state index in [4.69, 9.17) is 9.47 Å². The lowest BCUT2D eigenvalue weighted by molar-refractivity contribution is -0.123. The van der Waals surface area contributed by atoms with Crippen LogP contribution in [0.1, 0.15) is 21.5 Å². The predicted molar refractivity (Wildman–Crippen MR) is 122 cm³/mol. The molecular weight excluding hydrogens is 445 g/mol. The van der Waals surface area contributed by atoms with Crippen molar-refractivity contribution >= 4 is 35.0 Å². The molecule has 0 radical (unpaired) electrons. The van der Waals surface area contributed by atoms with Crippen molar-refractivity contribution in [1.29, 1.82) is 0 Å². The Kier molecular flexibility index (Phi) is 6.55. The average Bonchev–Trinajstić information content (AvgIpc) is 3.09. The molecule has 2 amide bonds. The average molecular weight is 463 g/mol. The molecule has 1 heterocycles. The van der Waals surface area contributed by atoms with Crippen molar-refractivity contribution in [2.24, 2.45) is 0 Å². The summed E-state index contributed by atoms with van der Waals surface area (Å²) >= 11 is 0.777. The summed E-state index contributed by atoms with van der Waals surface area (Å²) in [5, 5.41) is -0.477. The molecule has 3 aromatic carbocycles. The molecule has 1 aliphatic heterocycles. The third kappa shape index (κ3) is 4.96. The first-order valence-corrected chi connectivity index (χ1v) is 10.7. The van der Waals surface area contributed by atoms with Crippen LogP contribution >= 0.6 is 11.8 Å². The van der Waals surface area contributed by atoms with E-state index in [9.17, 15) is 18.8 Å². The lowest BCUT2D eigenvalue weighted by Gasteiger charge is -2.13. The summed E-state index contributed by atoms with van der Waals surface area (Å²) in [7, 11) is 1.43. The van der Waals surface area contributed by atoms with Gasteiger partial charge in [0.1, 0.15) is 5.82 Å². The van der Waals surface area contributed by atoms with Crippen molar-refractivity contribution in [3.05, 3.63) is 100 Å². The Bertz CT molecular complexity index is 1260. The van der Waals surface area contributed by atoms with Crippen LogP contribution in [0.5, 0.6) is 11.5 Å². The Morgan fingerprint density at radius 1 is 1.00 bits per heavy atom. The van der Waals surface area contributed by atoms with Gasteiger partial charge in [-0.2, -0.15) is 0 Å². The summed E-state index contributed by atoms with van der Waals surface area (Å²) in [6, 6.07) is 19.3. The van der Waals surface area contributed by atoms with Gasteiger partial charge in [0.25, 0.3) is 11.1 Å². The fourth-order valence-electron chi connectivity index (χ4n) is 3.18. The summed E-state index contributed by atoms with van der Waals surface area (Å²) in [5.74, 6) is -1.01. The molecule has 1 fully saturated rings. The van der Waals surface area contributed by atoms with Crippen LogP contribution in [-0.4, -0.2) is 29.1 Å². The van der Waals surface area contributed by atoms with Crippen LogP contribution in [0, 0.1) is 5.82 Å². The van der Waals surface area contributed by atoms with Crippen molar-refractivity contribution < 1.29 is 28.2 Å². The number of amides is 2. The van der Waals surface area contributed by atoms with Crippen molar-refractivity contribution in [3.8, 4) is 11.5 Å². The van der Waals surface area contributed by atoms with Crippen molar-refractivity contribution in [2.75, 3.05) is 7.11 Å². The number of methoxy groups -OCH3 is 1. The molecule has 0 bridgehead atoms. The van der Waals surface area contributed by atoms with Gasteiger partial charge in [-0.15, -0.1) is 0 Å². The van der Waals surface area contributed by atoms with Gasteiger partial charge in [-0.25, -0.2) is 9.18 Å². The SMILES string of the molecule is COc1cc(/C=C2\SC(=O)N(Cc3ccccc3F)C2=O)ccc1OC(=O)c1ccccc1. The topological polar surface area (TPSA) is 72.9 Å². The Labute approximate surface area is 193 Å². The standard InChI is InChI=1S/C25H18FNO5S/c1-31-21-13-16(11-12-20(21)32-24(29)17-7-3-2-4-8-17)14-22-23(28)27(25(30)33-22)15-18-9-5-6-10-19(18)26/h2-14H,15H2,1H3/b22-14-. The number of thioether (sulfide) groups is 1. The lowest BCUT2D eigenvalue weighted by atomic mass is 10.1. The zero-order valence-corrected chi connectivity index (χ0v) is 18.3. The molecule has 6 nitrogen and oxygen atoms in total. The number of carbonyl (C=O) groups excluding carboxylic acids is 3. The molecule has 0 unspecified atom stereocenters. The van der Waals surface area contributed by atoms with Crippen molar-refractivity contribution in [2.45, 2.75) is 6.54 Å². The number of halogens is 1. The van der Waals surface area contributed by atoms with Crippen LogP contribution in [0.15, 0.2) is 77.7 Å². The molecule has 0 aliphatic carbocycles.